The second-order valence-electron chi connectivity index (χ2n) is 2.71. The van der Waals surface area contributed by atoms with Crippen LogP contribution in [0.15, 0.2) is 35.3 Å². The third-order valence-corrected chi connectivity index (χ3v) is 1.66. The number of ether oxygens (including phenoxy) is 1. The third-order valence-electron chi connectivity index (χ3n) is 1.54. The van der Waals surface area contributed by atoms with Crippen molar-refractivity contribution < 1.29 is 14.6 Å². The summed E-state index contributed by atoms with van der Waals surface area (Å²) in [6.07, 6.45) is -0.784. The molecule has 1 aromatic rings. The number of benzene rings is 1. The summed E-state index contributed by atoms with van der Waals surface area (Å²) in [6.45, 7) is -0.213. The highest BCUT2D eigenvalue weighted by Crippen LogP contribution is 1.99. The van der Waals surface area contributed by atoms with Crippen LogP contribution >= 0.6 is 11.6 Å². The van der Waals surface area contributed by atoms with E-state index in [1.165, 1.54) is 0 Å². The van der Waals surface area contributed by atoms with Crippen LogP contribution in [0.25, 0.3) is 0 Å². The highest BCUT2D eigenvalue weighted by atomic mass is 35.5. The van der Waals surface area contributed by atoms with Gasteiger partial charge in [0.2, 0.25) is 5.24 Å². The lowest BCUT2D eigenvalue weighted by atomic mass is 10.2. The molecule has 0 aliphatic carbocycles. The van der Waals surface area contributed by atoms with E-state index in [0.29, 0.717) is 0 Å². The second-order valence-corrected chi connectivity index (χ2v) is 3.13. The second kappa shape index (κ2) is 6.03. The average molecular weight is 227 g/mol. The summed E-state index contributed by atoms with van der Waals surface area (Å²) in [5, 5.41) is 10.2. The summed E-state index contributed by atoms with van der Waals surface area (Å²) in [5.74, 6) is 0. The predicted molar refractivity (Wildman–Crippen MR) is 54.4 cm³/mol. The quantitative estimate of drug-likeness (QED) is 0.431. The van der Waals surface area contributed by atoms with Gasteiger partial charge in [-0.05, 0) is 17.2 Å². The number of nitrogens with zero attached hydrogens (tertiary/aromatic N) is 1. The van der Waals surface area contributed by atoms with Gasteiger partial charge >= 0.3 is 0 Å². The molecule has 0 aliphatic rings. The molecule has 0 unspecified atom stereocenters. The van der Waals surface area contributed by atoms with E-state index in [1.807, 2.05) is 30.3 Å². The fraction of sp³-hybridized carbons (Fsp3) is 0.200. The Bertz CT molecular complexity index is 351. The maximum atomic E-state index is 10.9. The molecule has 5 heteroatoms. The Labute approximate surface area is 92.2 Å². The standard InChI is InChI=1S/C10H10ClNO3/c11-9(13)6-12-10(14)15-7-8-4-2-1-3-5-8/h1-5H,6-7H2,(H,12,14)/p-1. The first-order chi connectivity index (χ1) is 7.18. The summed E-state index contributed by atoms with van der Waals surface area (Å²) >= 11 is 5.00. The molecule has 1 rings (SSSR count). The maximum absolute atomic E-state index is 10.9. The van der Waals surface area contributed by atoms with Gasteiger partial charge in [-0.15, -0.1) is 0 Å². The van der Waals surface area contributed by atoms with Gasteiger partial charge in [0.1, 0.15) is 12.6 Å². The molecule has 0 aromatic heterocycles. The number of carbonyl (C=O) groups is 1. The van der Waals surface area contributed by atoms with Gasteiger partial charge in [0.25, 0.3) is 0 Å². The lowest BCUT2D eigenvalue weighted by Gasteiger charge is -2.13. The van der Waals surface area contributed by atoms with E-state index in [4.69, 9.17) is 16.3 Å². The first kappa shape index (κ1) is 11.5. The molecule has 0 aliphatic heterocycles. The number of hydrogen-bond donors (Lipinski definition) is 0. The van der Waals surface area contributed by atoms with Crippen LogP contribution in [0.3, 0.4) is 0 Å². The summed E-state index contributed by atoms with van der Waals surface area (Å²) in [7, 11) is 0. The fourth-order valence-corrected chi connectivity index (χ4v) is 0.951. The first-order valence-electron chi connectivity index (χ1n) is 4.25. The lowest BCUT2D eigenvalue weighted by Crippen LogP contribution is -2.22. The zero-order valence-electron chi connectivity index (χ0n) is 7.85. The monoisotopic (exact) mass is 226 g/mol. The summed E-state index contributed by atoms with van der Waals surface area (Å²) in [6, 6.07) is 9.17. The molecule has 0 atom stereocenters. The normalized spacial score (nSPS) is 11.1. The van der Waals surface area contributed by atoms with Crippen LogP contribution in [-0.4, -0.2) is 17.9 Å². The van der Waals surface area contributed by atoms with Gasteiger partial charge in [0.05, 0.1) is 0 Å². The van der Waals surface area contributed by atoms with Gasteiger partial charge in [0, 0.05) is 6.61 Å². The number of carbonyl (C=O) groups excluding carboxylic acids is 1. The molecule has 0 fully saturated rings. The van der Waals surface area contributed by atoms with E-state index in [0.717, 1.165) is 5.56 Å². The number of halogens is 1. The molecule has 0 saturated carbocycles. The van der Waals surface area contributed by atoms with Crippen molar-refractivity contribution in [1.82, 2.24) is 0 Å². The predicted octanol–water partition coefficient (Wildman–Crippen LogP) is 0.685. The Balaban J connectivity index is 2.37. The van der Waals surface area contributed by atoms with E-state index in [2.05, 4.69) is 4.99 Å². The molecule has 0 amide bonds. The molecule has 0 radical (unpaired) electrons. The molecule has 1 aromatic carbocycles. The summed E-state index contributed by atoms with van der Waals surface area (Å²) in [5.41, 5.74) is 0.859. The minimum atomic E-state index is -0.784. The number of aliphatic imine (C=N–C) groups is 1. The SMILES string of the molecule is O=C(Cl)CN=C([O-])OCc1ccccc1. The highest BCUT2D eigenvalue weighted by Gasteiger charge is 1.92. The largest absolute Gasteiger partial charge is 0.596 e. The van der Waals surface area contributed by atoms with Crippen molar-refractivity contribution in [1.29, 1.82) is 0 Å². The van der Waals surface area contributed by atoms with Crippen molar-refractivity contribution in [3.63, 3.8) is 0 Å². The summed E-state index contributed by atoms with van der Waals surface area (Å²) in [4.78, 5) is 13.6. The molecule has 0 saturated heterocycles. The molecule has 4 nitrogen and oxygen atoms in total. The van der Waals surface area contributed by atoms with Crippen LogP contribution in [0, 0.1) is 0 Å². The van der Waals surface area contributed by atoms with Crippen molar-refractivity contribution in [2.45, 2.75) is 6.61 Å². The Morgan fingerprint density at radius 1 is 1.40 bits per heavy atom. The number of rotatable bonds is 4. The molecule has 15 heavy (non-hydrogen) atoms. The van der Waals surface area contributed by atoms with Gasteiger partial charge < -0.3 is 9.84 Å². The molecule has 0 heterocycles. The third kappa shape index (κ3) is 5.02. The molecule has 0 N–H and O–H groups in total. The molecular formula is C10H9ClNO3-. The molecule has 80 valence electrons. The van der Waals surface area contributed by atoms with Crippen LogP contribution in [-0.2, 0) is 16.1 Å². The van der Waals surface area contributed by atoms with Crippen molar-refractivity contribution in [3.05, 3.63) is 35.9 Å². The van der Waals surface area contributed by atoms with Crippen LogP contribution in [0.5, 0.6) is 0 Å². The fourth-order valence-electron chi connectivity index (χ4n) is 0.892. The van der Waals surface area contributed by atoms with Crippen LogP contribution in [0.2, 0.25) is 0 Å². The van der Waals surface area contributed by atoms with E-state index < -0.39 is 11.3 Å². The van der Waals surface area contributed by atoms with E-state index in [-0.39, 0.29) is 13.2 Å². The highest BCUT2D eigenvalue weighted by molar-refractivity contribution is 6.64. The Kier molecular flexibility index (Phi) is 4.63. The number of hydrogen-bond acceptors (Lipinski definition) is 4. The van der Waals surface area contributed by atoms with Gasteiger partial charge in [-0.3, -0.25) is 9.79 Å². The minimum absolute atomic E-state index is 0.139. The van der Waals surface area contributed by atoms with Crippen molar-refractivity contribution in [3.8, 4) is 0 Å². The van der Waals surface area contributed by atoms with E-state index in [1.54, 1.807) is 0 Å². The Morgan fingerprint density at radius 3 is 2.67 bits per heavy atom. The Morgan fingerprint density at radius 2 is 2.07 bits per heavy atom. The van der Waals surface area contributed by atoms with Gasteiger partial charge in [-0.25, -0.2) is 0 Å². The molecular weight excluding hydrogens is 218 g/mol. The van der Waals surface area contributed by atoms with Gasteiger partial charge in [0.15, 0.2) is 0 Å². The molecule has 0 bridgehead atoms. The average Bonchev–Trinajstić information content (AvgIpc) is 2.25. The summed E-state index contributed by atoms with van der Waals surface area (Å²) < 4.78 is 4.76. The van der Waals surface area contributed by atoms with Crippen LogP contribution < -0.4 is 5.11 Å². The van der Waals surface area contributed by atoms with Crippen LogP contribution in [0.1, 0.15) is 5.56 Å². The van der Waals surface area contributed by atoms with Gasteiger partial charge in [-0.1, -0.05) is 30.3 Å². The minimum Gasteiger partial charge on any atom is -0.596 e. The van der Waals surface area contributed by atoms with Crippen molar-refractivity contribution in [2.24, 2.45) is 4.99 Å². The first-order valence-corrected chi connectivity index (χ1v) is 4.63. The van der Waals surface area contributed by atoms with E-state index in [9.17, 15) is 9.90 Å². The topological polar surface area (TPSA) is 61.7 Å². The van der Waals surface area contributed by atoms with Crippen molar-refractivity contribution >= 4 is 22.9 Å². The smallest absolute Gasteiger partial charge is 0.243 e. The zero-order chi connectivity index (χ0) is 11.1. The van der Waals surface area contributed by atoms with E-state index >= 15 is 0 Å². The van der Waals surface area contributed by atoms with Gasteiger partial charge in [-0.2, -0.15) is 0 Å². The van der Waals surface area contributed by atoms with Crippen molar-refractivity contribution in [2.75, 3.05) is 6.54 Å². The molecule has 0 spiro atoms. The lowest BCUT2D eigenvalue weighted by molar-refractivity contribution is -0.252. The zero-order valence-corrected chi connectivity index (χ0v) is 8.61. The van der Waals surface area contributed by atoms with Crippen LogP contribution in [0.4, 0.5) is 0 Å². The maximum Gasteiger partial charge on any atom is 0.243 e. The Hall–Kier alpha value is -1.55.